The summed E-state index contributed by atoms with van der Waals surface area (Å²) in [7, 11) is -1.31. The van der Waals surface area contributed by atoms with Crippen LogP contribution in [0.15, 0.2) is 15.9 Å². The lowest BCUT2D eigenvalue weighted by atomic mass is 10.3. The number of aryl methyl sites for hydroxylation is 2. The molecule has 0 aromatic carbocycles. The number of aromatic nitrogens is 4. The number of hydrogen-bond donors (Lipinski definition) is 1. The molecule has 1 N–H and O–H groups in total. The van der Waals surface area contributed by atoms with Crippen molar-refractivity contribution in [2.45, 2.75) is 59.5 Å². The maximum atomic E-state index is 12.4. The van der Waals surface area contributed by atoms with Gasteiger partial charge >= 0.3 is 13.9 Å². The highest BCUT2D eigenvalue weighted by atomic mass is 31.1. The Morgan fingerprint density at radius 3 is 2.38 bits per heavy atom. The Balaban J connectivity index is 0.000000765. The molecule has 0 fully saturated rings. The van der Waals surface area contributed by atoms with Crippen molar-refractivity contribution in [2.75, 3.05) is 6.61 Å². The van der Waals surface area contributed by atoms with Gasteiger partial charge in [0.2, 0.25) is 0 Å². The molecule has 2 heterocycles. The molecule has 2 aromatic rings. The quantitative estimate of drug-likeness (QED) is 0.547. The van der Waals surface area contributed by atoms with Gasteiger partial charge in [0.05, 0.1) is 12.9 Å². The number of fused-ring (bicyclic) bond motifs is 1. The topological polar surface area (TPSA) is 108 Å². The zero-order valence-corrected chi connectivity index (χ0v) is 16.9. The van der Waals surface area contributed by atoms with E-state index < -0.39 is 8.25 Å². The molecule has 0 radical (unpaired) electrons. The molecule has 10 heteroatoms. The monoisotopic (exact) mass is 388 g/mol. The summed E-state index contributed by atoms with van der Waals surface area (Å²) < 4.78 is 19.3. The summed E-state index contributed by atoms with van der Waals surface area (Å²) in [6.45, 7) is 7.11. The molecule has 0 bridgehead atoms. The Morgan fingerprint density at radius 2 is 1.85 bits per heavy atom. The average molecular weight is 388 g/mol. The summed E-state index contributed by atoms with van der Waals surface area (Å²) in [6.07, 6.45) is 5.42. The fraction of sp³-hybridized carbons (Fsp3) is 0.688. The highest BCUT2D eigenvalue weighted by Gasteiger charge is 2.14. The molecule has 148 valence electrons. The van der Waals surface area contributed by atoms with Crippen LogP contribution in [0.1, 0.15) is 46.5 Å². The van der Waals surface area contributed by atoms with E-state index in [1.807, 2.05) is 0 Å². The van der Waals surface area contributed by atoms with Crippen molar-refractivity contribution in [1.29, 1.82) is 0 Å². The Bertz CT molecular complexity index is 838. The van der Waals surface area contributed by atoms with E-state index in [9.17, 15) is 14.2 Å². The van der Waals surface area contributed by atoms with Crippen molar-refractivity contribution < 1.29 is 14.0 Å². The zero-order chi connectivity index (χ0) is 19.7. The Hall–Kier alpha value is -1.70. The number of imidazole rings is 1. The van der Waals surface area contributed by atoms with Gasteiger partial charge in [0.25, 0.3) is 5.56 Å². The first-order valence-electron chi connectivity index (χ1n) is 8.89. The molecular formula is C16H29N4O5P. The van der Waals surface area contributed by atoms with Gasteiger partial charge in [-0.3, -0.25) is 18.5 Å². The molecule has 9 nitrogen and oxygen atoms in total. The molecule has 0 aliphatic rings. The Morgan fingerprint density at radius 1 is 1.19 bits per heavy atom. The maximum Gasteiger partial charge on any atom is 0.332 e. The van der Waals surface area contributed by atoms with Gasteiger partial charge in [-0.1, -0.05) is 26.7 Å². The number of hydrogen-bond acceptors (Lipinski definition) is 5. The highest BCUT2D eigenvalue weighted by molar-refractivity contribution is 7.32. The molecule has 0 saturated heterocycles. The van der Waals surface area contributed by atoms with Crippen LogP contribution in [0.3, 0.4) is 0 Å². The SMILES string of the molecule is CCCC.CCn1c(=O)c2c(ncn2CCCCO[PH](=O)O)n(C)c1=O. The standard InChI is InChI=1S/C12H19N4O5P.C4H10/c1-3-16-11(17)9-10(14(2)12(16)18)13-8-15(9)6-4-5-7-21-22(19)20;1-3-4-2/h8,22H,3-7H2,1-2H3,(H,19,20);3-4H2,1-2H3. The first-order valence-corrected chi connectivity index (χ1v) is 10.2. The molecular weight excluding hydrogens is 359 g/mol. The van der Waals surface area contributed by atoms with Gasteiger partial charge in [-0.2, -0.15) is 0 Å². The highest BCUT2D eigenvalue weighted by Crippen LogP contribution is 2.15. The van der Waals surface area contributed by atoms with Crippen molar-refractivity contribution >= 4 is 19.4 Å². The molecule has 0 aliphatic carbocycles. The summed E-state index contributed by atoms with van der Waals surface area (Å²) in [4.78, 5) is 37.1. The van der Waals surface area contributed by atoms with Gasteiger partial charge in [0.15, 0.2) is 11.2 Å². The number of unbranched alkanes of at least 4 members (excludes halogenated alkanes) is 2. The van der Waals surface area contributed by atoms with Gasteiger partial charge in [0, 0.05) is 20.1 Å². The second kappa shape index (κ2) is 11.1. The minimum Gasteiger partial charge on any atom is -0.326 e. The summed E-state index contributed by atoms with van der Waals surface area (Å²) in [6, 6.07) is 0. The molecule has 2 rings (SSSR count). The minimum atomic E-state index is -2.89. The van der Waals surface area contributed by atoms with Crippen LogP contribution in [-0.4, -0.2) is 30.2 Å². The lowest BCUT2D eigenvalue weighted by Crippen LogP contribution is -2.39. The van der Waals surface area contributed by atoms with Crippen molar-refractivity contribution in [2.24, 2.45) is 7.05 Å². The van der Waals surface area contributed by atoms with Gasteiger partial charge in [-0.15, -0.1) is 0 Å². The largest absolute Gasteiger partial charge is 0.332 e. The Kier molecular flexibility index (Phi) is 9.54. The predicted molar refractivity (Wildman–Crippen MR) is 102 cm³/mol. The van der Waals surface area contributed by atoms with E-state index in [4.69, 9.17) is 4.89 Å². The van der Waals surface area contributed by atoms with Crippen LogP contribution in [0.2, 0.25) is 0 Å². The van der Waals surface area contributed by atoms with Crippen LogP contribution < -0.4 is 11.2 Å². The van der Waals surface area contributed by atoms with Gasteiger partial charge < -0.3 is 14.0 Å². The van der Waals surface area contributed by atoms with Gasteiger partial charge in [-0.05, 0) is 19.8 Å². The molecule has 2 aromatic heterocycles. The van der Waals surface area contributed by atoms with E-state index in [2.05, 4.69) is 23.4 Å². The normalized spacial score (nSPS) is 12.0. The molecule has 0 saturated carbocycles. The second-order valence-corrected chi connectivity index (χ2v) is 6.64. The fourth-order valence-electron chi connectivity index (χ4n) is 2.31. The van der Waals surface area contributed by atoms with Crippen LogP contribution in [0.5, 0.6) is 0 Å². The second-order valence-electron chi connectivity index (χ2n) is 5.82. The summed E-state index contributed by atoms with van der Waals surface area (Å²) in [5.41, 5.74) is 0.0125. The third kappa shape index (κ3) is 5.65. The minimum absolute atomic E-state index is 0.193. The van der Waals surface area contributed by atoms with Crippen LogP contribution in [0.25, 0.3) is 11.2 Å². The average Bonchev–Trinajstić information content (AvgIpc) is 3.04. The van der Waals surface area contributed by atoms with Crippen molar-refractivity contribution in [3.63, 3.8) is 0 Å². The first-order chi connectivity index (χ1) is 12.4. The van der Waals surface area contributed by atoms with Crippen LogP contribution >= 0.6 is 8.25 Å². The molecule has 0 spiro atoms. The van der Waals surface area contributed by atoms with E-state index >= 15 is 0 Å². The smallest absolute Gasteiger partial charge is 0.326 e. The molecule has 1 unspecified atom stereocenters. The summed E-state index contributed by atoms with van der Waals surface area (Å²) in [5, 5.41) is 0. The van der Waals surface area contributed by atoms with E-state index in [-0.39, 0.29) is 17.9 Å². The van der Waals surface area contributed by atoms with Crippen LogP contribution in [0, 0.1) is 0 Å². The van der Waals surface area contributed by atoms with Crippen molar-refractivity contribution in [3.05, 3.63) is 27.2 Å². The molecule has 26 heavy (non-hydrogen) atoms. The van der Waals surface area contributed by atoms with E-state index in [0.29, 0.717) is 37.1 Å². The van der Waals surface area contributed by atoms with Gasteiger partial charge in [0.1, 0.15) is 0 Å². The predicted octanol–water partition coefficient (Wildman–Crippen LogP) is 1.90. The van der Waals surface area contributed by atoms with Crippen molar-refractivity contribution in [1.82, 2.24) is 18.7 Å². The number of rotatable bonds is 8. The zero-order valence-electron chi connectivity index (χ0n) is 15.9. The van der Waals surface area contributed by atoms with E-state index in [1.165, 1.54) is 28.3 Å². The van der Waals surface area contributed by atoms with Crippen LogP contribution in [-0.2, 0) is 29.2 Å². The van der Waals surface area contributed by atoms with Gasteiger partial charge in [-0.25, -0.2) is 9.78 Å². The fourth-order valence-corrected chi connectivity index (χ4v) is 2.63. The van der Waals surface area contributed by atoms with Crippen molar-refractivity contribution in [3.8, 4) is 0 Å². The van der Waals surface area contributed by atoms with E-state index in [1.54, 1.807) is 18.5 Å². The third-order valence-electron chi connectivity index (χ3n) is 3.94. The molecule has 0 aliphatic heterocycles. The first kappa shape index (κ1) is 22.3. The molecule has 1 atom stereocenters. The lowest BCUT2D eigenvalue weighted by Gasteiger charge is -2.08. The maximum absolute atomic E-state index is 12.4. The summed E-state index contributed by atoms with van der Waals surface area (Å²) in [5.74, 6) is 0. The lowest BCUT2D eigenvalue weighted by molar-refractivity contribution is 0.273. The number of nitrogens with zero attached hydrogens (tertiary/aromatic N) is 4. The van der Waals surface area contributed by atoms with Crippen LogP contribution in [0.4, 0.5) is 0 Å². The molecule has 0 amide bonds. The van der Waals surface area contributed by atoms with E-state index in [0.717, 1.165) is 0 Å². The third-order valence-corrected chi connectivity index (χ3v) is 4.39. The summed E-state index contributed by atoms with van der Waals surface area (Å²) >= 11 is 0. The Labute approximate surface area is 153 Å².